The van der Waals surface area contributed by atoms with Crippen LogP contribution in [0.4, 0.5) is 0 Å². The van der Waals surface area contributed by atoms with E-state index in [4.69, 9.17) is 9.84 Å². The van der Waals surface area contributed by atoms with Crippen molar-refractivity contribution in [3.05, 3.63) is 0 Å². The molecule has 0 radical (unpaired) electrons. The van der Waals surface area contributed by atoms with Gasteiger partial charge in [-0.1, -0.05) is 6.92 Å². The third kappa shape index (κ3) is 3.48. The lowest BCUT2D eigenvalue weighted by Gasteiger charge is -2.23. The van der Waals surface area contributed by atoms with Crippen molar-refractivity contribution in [2.75, 3.05) is 13.1 Å². The van der Waals surface area contributed by atoms with Gasteiger partial charge in [-0.2, -0.15) is 0 Å². The Kier molecular flexibility index (Phi) is 4.73. The van der Waals surface area contributed by atoms with Gasteiger partial charge in [0.1, 0.15) is 12.6 Å². The molecule has 1 saturated heterocycles. The lowest BCUT2D eigenvalue weighted by Crippen LogP contribution is -2.42. The fraction of sp³-hybridized carbons (Fsp3) is 0.818. The zero-order valence-corrected chi connectivity index (χ0v) is 9.81. The Labute approximate surface area is 95.4 Å². The summed E-state index contributed by atoms with van der Waals surface area (Å²) in [5.41, 5.74) is 0. The van der Waals surface area contributed by atoms with Crippen LogP contribution in [0, 0.1) is 0 Å². The first-order valence-corrected chi connectivity index (χ1v) is 5.70. The van der Waals surface area contributed by atoms with E-state index in [9.17, 15) is 9.59 Å². The first-order chi connectivity index (χ1) is 7.54. The largest absolute Gasteiger partial charge is 0.480 e. The fourth-order valence-electron chi connectivity index (χ4n) is 1.89. The maximum Gasteiger partial charge on any atom is 0.323 e. The van der Waals surface area contributed by atoms with Crippen molar-refractivity contribution in [2.45, 2.75) is 45.3 Å². The molecular weight excluding hydrogens is 210 g/mol. The first-order valence-electron chi connectivity index (χ1n) is 5.70. The van der Waals surface area contributed by atoms with Crippen LogP contribution >= 0.6 is 0 Å². The minimum atomic E-state index is -0.979. The molecule has 5 nitrogen and oxygen atoms in total. The Morgan fingerprint density at radius 2 is 2.12 bits per heavy atom. The van der Waals surface area contributed by atoms with Crippen molar-refractivity contribution in [3.8, 4) is 0 Å². The number of carboxylic acid groups (broad SMARTS) is 1. The molecule has 0 unspecified atom stereocenters. The molecule has 1 amide bonds. The van der Waals surface area contributed by atoms with E-state index in [0.29, 0.717) is 13.0 Å². The van der Waals surface area contributed by atoms with Gasteiger partial charge >= 0.3 is 5.97 Å². The summed E-state index contributed by atoms with van der Waals surface area (Å²) in [5.74, 6) is -1.17. The average molecular weight is 229 g/mol. The van der Waals surface area contributed by atoms with Crippen LogP contribution in [0.25, 0.3) is 0 Å². The van der Waals surface area contributed by atoms with Gasteiger partial charge in [0.15, 0.2) is 0 Å². The topological polar surface area (TPSA) is 66.8 Å². The smallest absolute Gasteiger partial charge is 0.323 e. The summed E-state index contributed by atoms with van der Waals surface area (Å²) in [6, 6.07) is 0. The number of hydrogen-bond acceptors (Lipinski definition) is 3. The molecule has 1 heterocycles. The number of hydrogen-bond donors (Lipinski definition) is 1. The van der Waals surface area contributed by atoms with Gasteiger partial charge in [-0.05, 0) is 26.2 Å². The second-order valence-corrected chi connectivity index (χ2v) is 4.17. The molecule has 16 heavy (non-hydrogen) atoms. The van der Waals surface area contributed by atoms with Crippen LogP contribution in [0.3, 0.4) is 0 Å². The van der Waals surface area contributed by atoms with E-state index in [1.807, 2.05) is 13.8 Å². The third-order valence-corrected chi connectivity index (χ3v) is 2.64. The second kappa shape index (κ2) is 5.84. The van der Waals surface area contributed by atoms with E-state index in [1.54, 1.807) is 0 Å². The third-order valence-electron chi connectivity index (χ3n) is 2.64. The van der Waals surface area contributed by atoms with Crippen LogP contribution in [0.2, 0.25) is 0 Å². The summed E-state index contributed by atoms with van der Waals surface area (Å²) in [6.45, 7) is 4.08. The van der Waals surface area contributed by atoms with Crippen LogP contribution in [0.1, 0.15) is 33.1 Å². The van der Waals surface area contributed by atoms with Crippen molar-refractivity contribution in [3.63, 3.8) is 0 Å². The van der Waals surface area contributed by atoms with Gasteiger partial charge in [-0.3, -0.25) is 9.59 Å². The molecule has 1 rings (SSSR count). The van der Waals surface area contributed by atoms with E-state index in [1.165, 1.54) is 4.90 Å². The van der Waals surface area contributed by atoms with Gasteiger partial charge in [0.05, 0.1) is 6.10 Å². The molecule has 92 valence electrons. The van der Waals surface area contributed by atoms with Crippen LogP contribution in [-0.2, 0) is 14.3 Å². The predicted molar refractivity (Wildman–Crippen MR) is 58.1 cm³/mol. The Morgan fingerprint density at radius 3 is 2.56 bits per heavy atom. The molecule has 2 atom stereocenters. The molecule has 1 fully saturated rings. The Balaban J connectivity index is 2.56. The minimum absolute atomic E-state index is 0.0993. The summed E-state index contributed by atoms with van der Waals surface area (Å²) >= 11 is 0. The maximum atomic E-state index is 12.0. The van der Waals surface area contributed by atoms with Crippen LogP contribution in [0.15, 0.2) is 0 Å². The predicted octanol–water partition coefficient (Wildman–Crippen LogP) is 0.877. The number of aliphatic carboxylic acids is 1. The number of rotatable bonds is 5. The molecule has 5 heteroatoms. The average Bonchev–Trinajstić information content (AvgIpc) is 2.62. The quantitative estimate of drug-likeness (QED) is 0.759. The molecule has 0 bridgehead atoms. The summed E-state index contributed by atoms with van der Waals surface area (Å²) in [5, 5.41) is 8.72. The van der Waals surface area contributed by atoms with Crippen molar-refractivity contribution in [1.29, 1.82) is 0 Å². The molecule has 0 spiro atoms. The monoisotopic (exact) mass is 229 g/mol. The summed E-state index contributed by atoms with van der Waals surface area (Å²) in [6.07, 6.45) is 1.97. The van der Waals surface area contributed by atoms with E-state index < -0.39 is 12.1 Å². The SMILES string of the molecule is CCCN(CC(=O)O)C(=O)[C@@H]1CC[C@H](C)O1. The number of carboxylic acids is 1. The fourth-order valence-corrected chi connectivity index (χ4v) is 1.89. The number of carbonyl (C=O) groups excluding carboxylic acids is 1. The molecule has 1 N–H and O–H groups in total. The highest BCUT2D eigenvalue weighted by Gasteiger charge is 2.31. The molecule has 0 aromatic carbocycles. The molecule has 1 aliphatic heterocycles. The van der Waals surface area contributed by atoms with Crippen LogP contribution in [0.5, 0.6) is 0 Å². The lowest BCUT2D eigenvalue weighted by atomic mass is 10.2. The summed E-state index contributed by atoms with van der Waals surface area (Å²) in [4.78, 5) is 24.0. The zero-order chi connectivity index (χ0) is 12.1. The molecular formula is C11H19NO4. The van der Waals surface area contributed by atoms with Gasteiger partial charge in [0.25, 0.3) is 5.91 Å². The van der Waals surface area contributed by atoms with Gasteiger partial charge in [-0.15, -0.1) is 0 Å². The van der Waals surface area contributed by atoms with Crippen molar-refractivity contribution in [2.24, 2.45) is 0 Å². The first kappa shape index (κ1) is 13.0. The van der Waals surface area contributed by atoms with Crippen molar-refractivity contribution >= 4 is 11.9 Å². The molecule has 1 aliphatic rings. The van der Waals surface area contributed by atoms with Crippen molar-refractivity contribution in [1.82, 2.24) is 4.90 Å². The summed E-state index contributed by atoms with van der Waals surface area (Å²) < 4.78 is 5.45. The highest BCUT2D eigenvalue weighted by molar-refractivity contribution is 5.84. The van der Waals surface area contributed by atoms with Crippen LogP contribution < -0.4 is 0 Å². The van der Waals surface area contributed by atoms with Crippen molar-refractivity contribution < 1.29 is 19.4 Å². The number of nitrogens with zero attached hydrogens (tertiary/aromatic N) is 1. The number of carbonyl (C=O) groups is 2. The van der Waals surface area contributed by atoms with Gasteiger partial charge < -0.3 is 14.7 Å². The van der Waals surface area contributed by atoms with E-state index >= 15 is 0 Å². The van der Waals surface area contributed by atoms with Gasteiger partial charge in [0, 0.05) is 6.54 Å². The maximum absolute atomic E-state index is 12.0. The highest BCUT2D eigenvalue weighted by Crippen LogP contribution is 2.20. The Bertz CT molecular complexity index is 267. The Morgan fingerprint density at radius 1 is 1.44 bits per heavy atom. The molecule has 0 aromatic rings. The standard InChI is InChI=1S/C11H19NO4/c1-3-6-12(7-10(13)14)11(15)9-5-4-8(2)16-9/h8-9H,3-7H2,1-2H3,(H,13,14)/t8-,9-/m0/s1. The normalized spacial score (nSPS) is 24.4. The Hall–Kier alpha value is -1.10. The van der Waals surface area contributed by atoms with E-state index in [-0.39, 0.29) is 18.6 Å². The number of ether oxygens (including phenoxy) is 1. The van der Waals surface area contributed by atoms with Crippen LogP contribution in [-0.4, -0.2) is 47.2 Å². The zero-order valence-electron chi connectivity index (χ0n) is 9.81. The number of amides is 1. The summed E-state index contributed by atoms with van der Waals surface area (Å²) in [7, 11) is 0. The van der Waals surface area contributed by atoms with E-state index in [0.717, 1.165) is 12.8 Å². The molecule has 0 aromatic heterocycles. The van der Waals surface area contributed by atoms with E-state index in [2.05, 4.69) is 0 Å². The van der Waals surface area contributed by atoms with Gasteiger partial charge in [-0.25, -0.2) is 0 Å². The molecule has 0 saturated carbocycles. The van der Waals surface area contributed by atoms with Gasteiger partial charge in [0.2, 0.25) is 0 Å². The second-order valence-electron chi connectivity index (χ2n) is 4.17. The molecule has 0 aliphatic carbocycles. The highest BCUT2D eigenvalue weighted by atomic mass is 16.5. The minimum Gasteiger partial charge on any atom is -0.480 e. The lowest BCUT2D eigenvalue weighted by molar-refractivity contribution is -0.150.